The summed E-state index contributed by atoms with van der Waals surface area (Å²) in [5.41, 5.74) is 0.795. The number of halogens is 3. The van der Waals surface area contributed by atoms with Gasteiger partial charge in [-0.1, -0.05) is 59.6 Å². The molecule has 0 fully saturated rings. The van der Waals surface area contributed by atoms with E-state index in [1.807, 2.05) is 0 Å². The normalized spacial score (nSPS) is 11.3. The van der Waals surface area contributed by atoms with Gasteiger partial charge in [-0.15, -0.1) is 0 Å². The van der Waals surface area contributed by atoms with Crippen LogP contribution in [-0.4, -0.2) is 33.2 Å². The Bertz CT molecular complexity index is 1230. The van der Waals surface area contributed by atoms with E-state index in [1.54, 1.807) is 48.2 Å². The van der Waals surface area contributed by atoms with Crippen molar-refractivity contribution in [1.29, 1.82) is 0 Å². The number of nitrogens with zero attached hydrogens (tertiary/aromatic N) is 1. The van der Waals surface area contributed by atoms with E-state index < -0.39 is 22.5 Å². The minimum Gasteiger partial charge on any atom is -0.354 e. The predicted octanol–water partition coefficient (Wildman–Crippen LogP) is 5.77. The second-order valence-electron chi connectivity index (χ2n) is 7.27. The number of hydrogen-bond donors (Lipinski definition) is 1. The van der Waals surface area contributed by atoms with Gasteiger partial charge in [-0.05, 0) is 54.1 Å². The first-order chi connectivity index (χ1) is 16.3. The summed E-state index contributed by atoms with van der Waals surface area (Å²) in [6.45, 7) is -0.0857. The number of hydrogen-bond acceptors (Lipinski definition) is 4. The van der Waals surface area contributed by atoms with Gasteiger partial charge < -0.3 is 5.32 Å². The van der Waals surface area contributed by atoms with Gasteiger partial charge in [0, 0.05) is 17.3 Å². The fourth-order valence-corrected chi connectivity index (χ4v) is 6.06. The molecule has 1 N–H and O–H groups in total. The van der Waals surface area contributed by atoms with E-state index in [0.29, 0.717) is 35.1 Å². The summed E-state index contributed by atoms with van der Waals surface area (Å²) in [5.74, 6) is 0.552. The van der Waals surface area contributed by atoms with Crippen molar-refractivity contribution in [3.8, 4) is 0 Å². The first-order valence-corrected chi connectivity index (χ1v) is 13.7. The van der Waals surface area contributed by atoms with Gasteiger partial charge in [-0.3, -0.25) is 9.10 Å². The molecule has 0 bridgehead atoms. The molecule has 1 amide bonds. The molecule has 34 heavy (non-hydrogen) atoms. The SMILES string of the molecule is O=C(CN(c1ccc(Cl)cc1Cl)S(=O)(=O)c1ccccc1)NCCCSCc1ccccc1F. The summed E-state index contributed by atoms with van der Waals surface area (Å²) in [5, 5.41) is 3.21. The van der Waals surface area contributed by atoms with Crippen LogP contribution in [0, 0.1) is 5.82 Å². The highest BCUT2D eigenvalue weighted by molar-refractivity contribution is 7.98. The van der Waals surface area contributed by atoms with Crippen molar-refractivity contribution >= 4 is 56.6 Å². The van der Waals surface area contributed by atoms with Gasteiger partial charge >= 0.3 is 0 Å². The number of thioether (sulfide) groups is 1. The molecule has 5 nitrogen and oxygen atoms in total. The molecule has 0 heterocycles. The van der Waals surface area contributed by atoms with Crippen molar-refractivity contribution in [2.45, 2.75) is 17.1 Å². The Morgan fingerprint density at radius 2 is 1.71 bits per heavy atom. The maximum atomic E-state index is 13.7. The van der Waals surface area contributed by atoms with Crippen LogP contribution in [0.1, 0.15) is 12.0 Å². The smallest absolute Gasteiger partial charge is 0.264 e. The number of benzene rings is 3. The molecule has 0 spiro atoms. The molecule has 0 aromatic heterocycles. The van der Waals surface area contributed by atoms with Crippen LogP contribution in [0.3, 0.4) is 0 Å². The molecular weight excluding hydrogens is 518 g/mol. The average molecular weight is 541 g/mol. The van der Waals surface area contributed by atoms with E-state index in [0.717, 1.165) is 4.31 Å². The fraction of sp³-hybridized carbons (Fsp3) is 0.208. The zero-order valence-corrected chi connectivity index (χ0v) is 21.2. The first-order valence-electron chi connectivity index (χ1n) is 10.4. The lowest BCUT2D eigenvalue weighted by Crippen LogP contribution is -2.41. The summed E-state index contributed by atoms with van der Waals surface area (Å²) in [6.07, 6.45) is 0.651. The molecule has 3 aromatic carbocycles. The third-order valence-electron chi connectivity index (χ3n) is 4.80. The van der Waals surface area contributed by atoms with E-state index in [9.17, 15) is 17.6 Å². The maximum Gasteiger partial charge on any atom is 0.264 e. The Balaban J connectivity index is 1.61. The van der Waals surface area contributed by atoms with E-state index in [-0.39, 0.29) is 21.4 Å². The Kier molecular flexibility index (Phi) is 9.64. The molecule has 0 saturated carbocycles. The first kappa shape index (κ1) is 26.3. The highest BCUT2D eigenvalue weighted by atomic mass is 35.5. The second-order valence-corrected chi connectivity index (χ2v) is 11.1. The van der Waals surface area contributed by atoms with Crippen LogP contribution >= 0.6 is 35.0 Å². The predicted molar refractivity (Wildman–Crippen MR) is 138 cm³/mol. The molecule has 0 saturated heterocycles. The topological polar surface area (TPSA) is 66.5 Å². The number of carbonyl (C=O) groups is 1. The van der Waals surface area contributed by atoms with Crippen molar-refractivity contribution in [2.75, 3.05) is 23.1 Å². The Hall–Kier alpha value is -2.26. The molecule has 0 aliphatic heterocycles. The fourth-order valence-electron chi connectivity index (χ4n) is 3.09. The summed E-state index contributed by atoms with van der Waals surface area (Å²) < 4.78 is 41.2. The zero-order valence-electron chi connectivity index (χ0n) is 18.1. The molecule has 0 radical (unpaired) electrons. The second kappa shape index (κ2) is 12.4. The molecule has 0 atom stereocenters. The van der Waals surface area contributed by atoms with E-state index in [1.165, 1.54) is 36.4 Å². The molecule has 0 unspecified atom stereocenters. The van der Waals surface area contributed by atoms with Crippen molar-refractivity contribution < 1.29 is 17.6 Å². The molecule has 3 rings (SSSR count). The minimum absolute atomic E-state index is 0.0401. The third kappa shape index (κ3) is 7.12. The summed E-state index contributed by atoms with van der Waals surface area (Å²) in [7, 11) is -4.05. The average Bonchev–Trinajstić information content (AvgIpc) is 2.82. The lowest BCUT2D eigenvalue weighted by Gasteiger charge is -2.25. The van der Waals surface area contributed by atoms with Gasteiger partial charge in [0.2, 0.25) is 5.91 Å². The van der Waals surface area contributed by atoms with Gasteiger partial charge in [0.15, 0.2) is 0 Å². The molecule has 0 aliphatic carbocycles. The summed E-state index contributed by atoms with van der Waals surface area (Å²) in [6, 6.07) is 18.9. The largest absolute Gasteiger partial charge is 0.354 e. The number of sulfonamides is 1. The lowest BCUT2D eigenvalue weighted by molar-refractivity contribution is -0.119. The van der Waals surface area contributed by atoms with Crippen LogP contribution in [0.15, 0.2) is 77.7 Å². The molecule has 180 valence electrons. The standard InChI is InChI=1S/C24H23Cl2FN2O3S2/c25-19-11-12-23(21(26)15-19)29(34(31,32)20-8-2-1-3-9-20)16-24(30)28-13-6-14-33-17-18-7-4-5-10-22(18)27/h1-5,7-12,15H,6,13-14,16-17H2,(H,28,30). The number of nitrogens with one attached hydrogen (secondary N) is 1. The number of rotatable bonds is 11. The van der Waals surface area contributed by atoms with E-state index >= 15 is 0 Å². The monoisotopic (exact) mass is 540 g/mol. The van der Waals surface area contributed by atoms with Crippen LogP contribution < -0.4 is 9.62 Å². The van der Waals surface area contributed by atoms with Gasteiger partial charge in [-0.25, -0.2) is 12.8 Å². The van der Waals surface area contributed by atoms with Crippen LogP contribution in [-0.2, 0) is 20.6 Å². The van der Waals surface area contributed by atoms with Crippen molar-refractivity contribution in [2.24, 2.45) is 0 Å². The number of amides is 1. The van der Waals surface area contributed by atoms with E-state index in [2.05, 4.69) is 5.32 Å². The minimum atomic E-state index is -4.05. The molecule has 0 aliphatic rings. The van der Waals surface area contributed by atoms with Crippen molar-refractivity contribution in [3.63, 3.8) is 0 Å². The number of carbonyl (C=O) groups excluding carboxylic acids is 1. The zero-order chi connectivity index (χ0) is 24.6. The number of anilines is 1. The third-order valence-corrected chi connectivity index (χ3v) is 8.20. The quantitative estimate of drug-likeness (QED) is 0.313. The Morgan fingerprint density at radius 1 is 1.00 bits per heavy atom. The molecular formula is C24H23Cl2FN2O3S2. The summed E-state index contributed by atoms with van der Waals surface area (Å²) in [4.78, 5) is 12.7. The molecule has 3 aromatic rings. The molecule has 10 heteroatoms. The Labute approximate surface area is 213 Å². The van der Waals surface area contributed by atoms with Crippen LogP contribution in [0.2, 0.25) is 10.0 Å². The van der Waals surface area contributed by atoms with Crippen LogP contribution in [0.4, 0.5) is 10.1 Å². The van der Waals surface area contributed by atoms with Gasteiger partial charge in [0.1, 0.15) is 12.4 Å². The highest BCUT2D eigenvalue weighted by Crippen LogP contribution is 2.32. The van der Waals surface area contributed by atoms with Crippen LogP contribution in [0.5, 0.6) is 0 Å². The van der Waals surface area contributed by atoms with Gasteiger partial charge in [-0.2, -0.15) is 11.8 Å². The Morgan fingerprint density at radius 3 is 2.41 bits per heavy atom. The lowest BCUT2D eigenvalue weighted by atomic mass is 10.2. The maximum absolute atomic E-state index is 13.7. The van der Waals surface area contributed by atoms with E-state index in [4.69, 9.17) is 23.2 Å². The van der Waals surface area contributed by atoms with Crippen molar-refractivity contribution in [3.05, 3.63) is 94.2 Å². The highest BCUT2D eigenvalue weighted by Gasteiger charge is 2.28. The van der Waals surface area contributed by atoms with Crippen LogP contribution in [0.25, 0.3) is 0 Å². The van der Waals surface area contributed by atoms with Gasteiger partial charge in [0.05, 0.1) is 15.6 Å². The summed E-state index contributed by atoms with van der Waals surface area (Å²) >= 11 is 13.8. The van der Waals surface area contributed by atoms with Gasteiger partial charge in [0.25, 0.3) is 10.0 Å². The van der Waals surface area contributed by atoms with Crippen molar-refractivity contribution in [1.82, 2.24) is 5.32 Å².